The van der Waals surface area contributed by atoms with Crippen LogP contribution in [0.3, 0.4) is 0 Å². The Morgan fingerprint density at radius 1 is 1.43 bits per heavy atom. The Labute approximate surface area is 84.0 Å². The highest BCUT2D eigenvalue weighted by Crippen LogP contribution is 2.08. The summed E-state index contributed by atoms with van der Waals surface area (Å²) in [6.07, 6.45) is 0. The van der Waals surface area contributed by atoms with E-state index in [0.717, 1.165) is 0 Å². The minimum absolute atomic E-state index is 0.0960. The third kappa shape index (κ3) is 0.987. The first-order valence-electron chi connectivity index (χ1n) is 3.93. The Kier molecular flexibility index (Phi) is 1.71. The summed E-state index contributed by atoms with van der Waals surface area (Å²) in [4.78, 5) is 18.0. The Morgan fingerprint density at radius 3 is 2.71 bits per heavy atom. The van der Waals surface area contributed by atoms with Crippen molar-refractivity contribution in [2.45, 2.75) is 0 Å². The van der Waals surface area contributed by atoms with Gasteiger partial charge in [-0.3, -0.25) is 9.78 Å². The van der Waals surface area contributed by atoms with Gasteiger partial charge in [0.05, 0.1) is 0 Å². The number of imidazole rings is 1. The molecule has 0 aliphatic rings. The number of nitrogens with zero attached hydrogens (tertiary/aromatic N) is 3. The highest BCUT2D eigenvalue weighted by molar-refractivity contribution is 7.71. The van der Waals surface area contributed by atoms with Gasteiger partial charge in [-0.25, -0.2) is 0 Å². The average molecular weight is 211 g/mol. The normalized spacial score (nSPS) is 11.0. The van der Waals surface area contributed by atoms with Gasteiger partial charge in [0.2, 0.25) is 5.95 Å². The van der Waals surface area contributed by atoms with E-state index >= 15 is 0 Å². The van der Waals surface area contributed by atoms with E-state index in [4.69, 9.17) is 18.0 Å². The zero-order valence-electron chi connectivity index (χ0n) is 7.74. The van der Waals surface area contributed by atoms with Gasteiger partial charge in [-0.2, -0.15) is 4.98 Å². The Balaban J connectivity index is 3.18. The van der Waals surface area contributed by atoms with Crippen molar-refractivity contribution < 1.29 is 0 Å². The van der Waals surface area contributed by atoms with Gasteiger partial charge in [0.15, 0.2) is 15.9 Å². The van der Waals surface area contributed by atoms with E-state index in [1.165, 1.54) is 0 Å². The molecule has 2 aromatic heterocycles. The lowest BCUT2D eigenvalue weighted by molar-refractivity contribution is 0.829. The highest BCUT2D eigenvalue weighted by atomic mass is 32.1. The summed E-state index contributed by atoms with van der Waals surface area (Å²) in [6.45, 7) is 0. The Bertz CT molecular complexity index is 619. The van der Waals surface area contributed by atoms with Crippen LogP contribution in [0.25, 0.3) is 11.2 Å². The molecule has 2 aromatic rings. The molecule has 0 amide bonds. The number of hydrogen-bond donors (Lipinski definition) is 2. The van der Waals surface area contributed by atoms with E-state index in [1.807, 2.05) is 0 Å². The van der Waals surface area contributed by atoms with Crippen LogP contribution in [-0.4, -0.2) is 19.1 Å². The zero-order chi connectivity index (χ0) is 10.5. The quantitative estimate of drug-likeness (QED) is 0.597. The first-order valence-corrected chi connectivity index (χ1v) is 4.34. The average Bonchev–Trinajstić information content (AvgIpc) is 2.31. The summed E-state index contributed by atoms with van der Waals surface area (Å²) in [5.41, 5.74) is 6.09. The van der Waals surface area contributed by atoms with Crippen LogP contribution < -0.4 is 11.3 Å². The van der Waals surface area contributed by atoms with Crippen LogP contribution in [0.5, 0.6) is 0 Å². The lowest BCUT2D eigenvalue weighted by Crippen LogP contribution is -2.13. The van der Waals surface area contributed by atoms with Crippen molar-refractivity contribution in [2.24, 2.45) is 14.1 Å². The van der Waals surface area contributed by atoms with Crippen molar-refractivity contribution in [3.05, 3.63) is 15.1 Å². The number of aromatic amines is 1. The topological polar surface area (TPSA) is 81.6 Å². The van der Waals surface area contributed by atoms with Crippen LogP contribution >= 0.6 is 12.2 Å². The Hall–Kier alpha value is -1.63. The largest absolute Gasteiger partial charge is 0.369 e. The van der Waals surface area contributed by atoms with Gasteiger partial charge in [-0.1, -0.05) is 0 Å². The summed E-state index contributed by atoms with van der Waals surface area (Å²) >= 11 is 5.09. The maximum atomic E-state index is 11.5. The van der Waals surface area contributed by atoms with Crippen molar-refractivity contribution in [3.8, 4) is 0 Å². The van der Waals surface area contributed by atoms with Gasteiger partial charge >= 0.3 is 0 Å². The van der Waals surface area contributed by atoms with E-state index in [0.29, 0.717) is 15.9 Å². The lowest BCUT2D eigenvalue weighted by Gasteiger charge is -1.94. The van der Waals surface area contributed by atoms with E-state index in [2.05, 4.69) is 9.97 Å². The second-order valence-electron chi connectivity index (χ2n) is 3.02. The molecule has 0 aromatic carbocycles. The van der Waals surface area contributed by atoms with E-state index in [1.54, 1.807) is 23.2 Å². The zero-order valence-corrected chi connectivity index (χ0v) is 8.55. The van der Waals surface area contributed by atoms with Crippen molar-refractivity contribution in [1.29, 1.82) is 0 Å². The maximum Gasteiger partial charge on any atom is 0.278 e. The number of fused-ring (bicyclic) bond motifs is 1. The molecular formula is C7H9N5OS. The van der Waals surface area contributed by atoms with Gasteiger partial charge in [-0.15, -0.1) is 0 Å². The molecule has 0 aliphatic heterocycles. The first kappa shape index (κ1) is 8.95. The third-order valence-corrected chi connectivity index (χ3v) is 2.67. The number of nitrogen functional groups attached to an aromatic ring is 1. The van der Waals surface area contributed by atoms with Gasteiger partial charge in [-0.05, 0) is 12.2 Å². The Morgan fingerprint density at radius 2 is 2.07 bits per heavy atom. The van der Waals surface area contributed by atoms with E-state index < -0.39 is 0 Å². The molecule has 0 radical (unpaired) electrons. The second kappa shape index (κ2) is 2.68. The molecule has 0 saturated heterocycles. The van der Waals surface area contributed by atoms with E-state index in [-0.39, 0.29) is 11.5 Å². The minimum Gasteiger partial charge on any atom is -0.369 e. The molecule has 0 saturated carbocycles. The molecule has 2 heterocycles. The van der Waals surface area contributed by atoms with Crippen LogP contribution in [0.2, 0.25) is 0 Å². The molecule has 0 unspecified atom stereocenters. The molecule has 3 N–H and O–H groups in total. The summed E-state index contributed by atoms with van der Waals surface area (Å²) in [6, 6.07) is 0. The summed E-state index contributed by atoms with van der Waals surface area (Å²) in [7, 11) is 3.47. The molecule has 0 spiro atoms. The fourth-order valence-corrected chi connectivity index (χ4v) is 1.60. The van der Waals surface area contributed by atoms with Gasteiger partial charge in [0.25, 0.3) is 5.56 Å². The molecule has 0 aliphatic carbocycles. The monoisotopic (exact) mass is 211 g/mol. The van der Waals surface area contributed by atoms with Crippen LogP contribution in [-0.2, 0) is 14.1 Å². The molecule has 14 heavy (non-hydrogen) atoms. The number of nitrogens with one attached hydrogen (secondary N) is 1. The lowest BCUT2D eigenvalue weighted by atomic mass is 10.5. The molecule has 6 nitrogen and oxygen atoms in total. The molecule has 2 rings (SSSR count). The fourth-order valence-electron chi connectivity index (χ4n) is 1.42. The van der Waals surface area contributed by atoms with Gasteiger partial charge < -0.3 is 14.9 Å². The highest BCUT2D eigenvalue weighted by Gasteiger charge is 2.10. The minimum atomic E-state index is -0.276. The number of hydrogen-bond acceptors (Lipinski definition) is 4. The fraction of sp³-hybridized carbons (Fsp3) is 0.286. The molecular weight excluding hydrogens is 202 g/mol. The summed E-state index contributed by atoms with van der Waals surface area (Å²) < 4.78 is 3.79. The number of nitrogens with two attached hydrogens (primary N) is 1. The van der Waals surface area contributed by atoms with Crippen molar-refractivity contribution in [2.75, 3.05) is 5.73 Å². The van der Waals surface area contributed by atoms with Crippen molar-refractivity contribution in [1.82, 2.24) is 19.1 Å². The van der Waals surface area contributed by atoms with Gasteiger partial charge in [0, 0.05) is 14.1 Å². The van der Waals surface area contributed by atoms with Crippen molar-refractivity contribution in [3.63, 3.8) is 0 Å². The SMILES string of the molecule is Cn1c(=S)n(C)c2c(=O)[nH]c(N)nc21. The predicted octanol–water partition coefficient (Wildman–Crippen LogP) is -0.0882. The number of aromatic nitrogens is 4. The van der Waals surface area contributed by atoms with E-state index in [9.17, 15) is 4.79 Å². The molecule has 0 fully saturated rings. The van der Waals surface area contributed by atoms with Crippen molar-refractivity contribution >= 4 is 29.3 Å². The van der Waals surface area contributed by atoms with Crippen LogP contribution in [0, 0.1) is 4.77 Å². The molecule has 0 bridgehead atoms. The number of H-pyrrole nitrogens is 1. The number of anilines is 1. The molecule has 7 heteroatoms. The molecule has 0 atom stereocenters. The first-order chi connectivity index (χ1) is 6.52. The molecule has 74 valence electrons. The maximum absolute atomic E-state index is 11.5. The van der Waals surface area contributed by atoms with Crippen LogP contribution in [0.4, 0.5) is 5.95 Å². The smallest absolute Gasteiger partial charge is 0.278 e. The standard InChI is InChI=1S/C7H9N5OS/c1-11-3-4(12(2)7(11)14)9-6(8)10-5(3)13/h1-2H3,(H3,8,9,10,13). The predicted molar refractivity (Wildman–Crippen MR) is 55.6 cm³/mol. The third-order valence-electron chi connectivity index (χ3n) is 2.12. The van der Waals surface area contributed by atoms with Crippen LogP contribution in [0.15, 0.2) is 4.79 Å². The summed E-state index contributed by atoms with van der Waals surface area (Å²) in [5, 5.41) is 0. The number of aryl methyl sites for hydroxylation is 2. The van der Waals surface area contributed by atoms with Gasteiger partial charge in [0.1, 0.15) is 0 Å². The summed E-state index contributed by atoms with van der Waals surface area (Å²) in [5.74, 6) is 0.0960. The van der Waals surface area contributed by atoms with Crippen LogP contribution in [0.1, 0.15) is 0 Å². The number of rotatable bonds is 0. The second-order valence-corrected chi connectivity index (χ2v) is 3.39.